The molecular formula is C11H25Cl2N3O. The Kier molecular flexibility index (Phi) is 11.3. The summed E-state index contributed by atoms with van der Waals surface area (Å²) in [5, 5.41) is 2.86. The molecule has 1 fully saturated rings. The maximum Gasteiger partial charge on any atom is 0.233 e. The Balaban J connectivity index is 0. The minimum atomic E-state index is -0.0442. The van der Waals surface area contributed by atoms with Crippen LogP contribution in [-0.2, 0) is 4.79 Å². The molecule has 1 aliphatic heterocycles. The Labute approximate surface area is 117 Å². The minimum absolute atomic E-state index is 0. The van der Waals surface area contributed by atoms with Gasteiger partial charge in [0.1, 0.15) is 0 Å². The lowest BCUT2D eigenvalue weighted by Crippen LogP contribution is -2.35. The summed E-state index contributed by atoms with van der Waals surface area (Å²) in [6.45, 7) is 8.81. The standard InChI is InChI=1S/C11H23N3O.2ClH/c1-9(2)7-14-4-3-10(8-14)6-13-11(15)5-12;;/h9-10H,3-8,12H2,1-2H3,(H,13,15);2*1H. The van der Waals surface area contributed by atoms with E-state index in [4.69, 9.17) is 5.73 Å². The van der Waals surface area contributed by atoms with E-state index < -0.39 is 0 Å². The van der Waals surface area contributed by atoms with Crippen LogP contribution in [0, 0.1) is 11.8 Å². The number of carbonyl (C=O) groups is 1. The molecule has 0 aliphatic carbocycles. The fourth-order valence-electron chi connectivity index (χ4n) is 2.09. The molecule has 1 heterocycles. The van der Waals surface area contributed by atoms with Gasteiger partial charge in [-0.05, 0) is 24.8 Å². The van der Waals surface area contributed by atoms with Crippen LogP contribution >= 0.6 is 24.8 Å². The molecule has 104 valence electrons. The van der Waals surface area contributed by atoms with Gasteiger partial charge in [-0.3, -0.25) is 4.79 Å². The second-order valence-electron chi connectivity index (χ2n) is 4.82. The van der Waals surface area contributed by atoms with Gasteiger partial charge in [0.05, 0.1) is 6.54 Å². The number of likely N-dealkylation sites (tertiary alicyclic amines) is 1. The molecule has 1 amide bonds. The lowest BCUT2D eigenvalue weighted by atomic mass is 10.1. The van der Waals surface area contributed by atoms with Crippen molar-refractivity contribution in [2.24, 2.45) is 17.6 Å². The van der Waals surface area contributed by atoms with Crippen molar-refractivity contribution in [2.75, 3.05) is 32.7 Å². The van der Waals surface area contributed by atoms with Crippen molar-refractivity contribution in [2.45, 2.75) is 20.3 Å². The molecular weight excluding hydrogens is 261 g/mol. The van der Waals surface area contributed by atoms with Crippen molar-refractivity contribution >= 4 is 30.7 Å². The van der Waals surface area contributed by atoms with Gasteiger partial charge in [-0.2, -0.15) is 0 Å². The summed E-state index contributed by atoms with van der Waals surface area (Å²) in [6, 6.07) is 0. The van der Waals surface area contributed by atoms with E-state index >= 15 is 0 Å². The number of carbonyl (C=O) groups excluding carboxylic acids is 1. The van der Waals surface area contributed by atoms with Crippen LogP contribution in [0.2, 0.25) is 0 Å². The van der Waals surface area contributed by atoms with Crippen molar-refractivity contribution in [1.29, 1.82) is 0 Å². The molecule has 0 aromatic carbocycles. The van der Waals surface area contributed by atoms with Crippen LogP contribution in [0.25, 0.3) is 0 Å². The molecule has 0 aromatic heterocycles. The molecule has 1 rings (SSSR count). The van der Waals surface area contributed by atoms with Gasteiger partial charge >= 0.3 is 0 Å². The quantitative estimate of drug-likeness (QED) is 0.789. The fraction of sp³-hybridized carbons (Fsp3) is 0.909. The molecule has 0 bridgehead atoms. The van der Waals surface area contributed by atoms with E-state index in [1.807, 2.05) is 0 Å². The van der Waals surface area contributed by atoms with E-state index in [0.29, 0.717) is 5.92 Å². The molecule has 1 unspecified atom stereocenters. The van der Waals surface area contributed by atoms with Crippen LogP contribution in [-0.4, -0.2) is 43.5 Å². The Hall–Kier alpha value is -0.0300. The van der Waals surface area contributed by atoms with Crippen LogP contribution < -0.4 is 11.1 Å². The average Bonchev–Trinajstić information content (AvgIpc) is 2.61. The molecule has 17 heavy (non-hydrogen) atoms. The number of rotatable bonds is 5. The van der Waals surface area contributed by atoms with Crippen LogP contribution in [0.3, 0.4) is 0 Å². The van der Waals surface area contributed by atoms with Gasteiger partial charge in [0.25, 0.3) is 0 Å². The smallest absolute Gasteiger partial charge is 0.233 e. The molecule has 4 nitrogen and oxygen atoms in total. The van der Waals surface area contributed by atoms with Crippen molar-refractivity contribution in [3.63, 3.8) is 0 Å². The normalized spacial score (nSPS) is 19.6. The zero-order valence-electron chi connectivity index (χ0n) is 10.6. The Morgan fingerprint density at radius 1 is 1.47 bits per heavy atom. The third-order valence-electron chi connectivity index (χ3n) is 2.77. The van der Waals surface area contributed by atoms with Gasteiger partial charge in [0.2, 0.25) is 5.91 Å². The van der Waals surface area contributed by atoms with Crippen LogP contribution in [0.1, 0.15) is 20.3 Å². The van der Waals surface area contributed by atoms with E-state index in [1.165, 1.54) is 19.5 Å². The lowest BCUT2D eigenvalue weighted by Gasteiger charge is -2.18. The van der Waals surface area contributed by atoms with Gasteiger partial charge in [-0.15, -0.1) is 24.8 Å². The summed E-state index contributed by atoms with van der Waals surface area (Å²) in [5.74, 6) is 1.29. The first kappa shape index (κ1) is 19.3. The second kappa shape index (κ2) is 9.95. The number of amides is 1. The van der Waals surface area contributed by atoms with Crippen molar-refractivity contribution in [3.05, 3.63) is 0 Å². The van der Waals surface area contributed by atoms with Crippen molar-refractivity contribution < 1.29 is 4.79 Å². The van der Waals surface area contributed by atoms with Crippen LogP contribution in [0.4, 0.5) is 0 Å². The SMILES string of the molecule is CC(C)CN1CCC(CNC(=O)CN)C1.Cl.Cl. The summed E-state index contributed by atoms with van der Waals surface area (Å²) in [6.07, 6.45) is 1.19. The maximum absolute atomic E-state index is 11.0. The van der Waals surface area contributed by atoms with E-state index in [2.05, 4.69) is 24.1 Å². The predicted octanol–water partition coefficient (Wildman–Crippen LogP) is 0.883. The fourth-order valence-corrected chi connectivity index (χ4v) is 2.09. The van der Waals surface area contributed by atoms with Gasteiger partial charge in [0.15, 0.2) is 0 Å². The first-order valence-electron chi connectivity index (χ1n) is 5.81. The Morgan fingerprint density at radius 3 is 2.65 bits per heavy atom. The molecule has 1 aliphatic rings. The molecule has 1 saturated heterocycles. The van der Waals surface area contributed by atoms with Gasteiger partial charge in [0, 0.05) is 19.6 Å². The number of hydrogen-bond donors (Lipinski definition) is 2. The second-order valence-corrected chi connectivity index (χ2v) is 4.82. The third-order valence-corrected chi connectivity index (χ3v) is 2.77. The third kappa shape index (κ3) is 7.82. The zero-order chi connectivity index (χ0) is 11.3. The van der Waals surface area contributed by atoms with Crippen molar-refractivity contribution in [3.8, 4) is 0 Å². The molecule has 0 saturated carbocycles. The van der Waals surface area contributed by atoms with Gasteiger partial charge in [-0.25, -0.2) is 0 Å². The Morgan fingerprint density at radius 2 is 2.12 bits per heavy atom. The highest BCUT2D eigenvalue weighted by atomic mass is 35.5. The van der Waals surface area contributed by atoms with Crippen LogP contribution in [0.15, 0.2) is 0 Å². The molecule has 0 aromatic rings. The molecule has 0 radical (unpaired) electrons. The highest BCUT2D eigenvalue weighted by molar-refractivity contribution is 5.85. The van der Waals surface area contributed by atoms with E-state index in [-0.39, 0.29) is 37.3 Å². The first-order valence-corrected chi connectivity index (χ1v) is 5.81. The van der Waals surface area contributed by atoms with Crippen molar-refractivity contribution in [1.82, 2.24) is 10.2 Å². The number of nitrogens with two attached hydrogens (primary N) is 1. The molecule has 3 N–H and O–H groups in total. The van der Waals surface area contributed by atoms with E-state index in [0.717, 1.165) is 19.0 Å². The monoisotopic (exact) mass is 285 g/mol. The summed E-state index contributed by atoms with van der Waals surface area (Å²) < 4.78 is 0. The minimum Gasteiger partial charge on any atom is -0.355 e. The number of nitrogens with one attached hydrogen (secondary N) is 1. The number of hydrogen-bond acceptors (Lipinski definition) is 3. The summed E-state index contributed by atoms with van der Waals surface area (Å²) in [7, 11) is 0. The summed E-state index contributed by atoms with van der Waals surface area (Å²) >= 11 is 0. The number of nitrogens with zero attached hydrogens (tertiary/aromatic N) is 1. The highest BCUT2D eigenvalue weighted by Crippen LogP contribution is 2.16. The van der Waals surface area contributed by atoms with Gasteiger partial charge in [-0.1, -0.05) is 13.8 Å². The molecule has 0 spiro atoms. The van der Waals surface area contributed by atoms with E-state index in [1.54, 1.807) is 0 Å². The first-order chi connectivity index (χ1) is 7.11. The number of halogens is 2. The average molecular weight is 286 g/mol. The van der Waals surface area contributed by atoms with Crippen LogP contribution in [0.5, 0.6) is 0 Å². The molecule has 6 heteroatoms. The Bertz CT molecular complexity index is 215. The summed E-state index contributed by atoms with van der Waals surface area (Å²) in [5.41, 5.74) is 5.23. The van der Waals surface area contributed by atoms with E-state index in [9.17, 15) is 4.79 Å². The largest absolute Gasteiger partial charge is 0.355 e. The predicted molar refractivity (Wildman–Crippen MR) is 75.9 cm³/mol. The maximum atomic E-state index is 11.0. The summed E-state index contributed by atoms with van der Waals surface area (Å²) in [4.78, 5) is 13.5. The lowest BCUT2D eigenvalue weighted by molar-refractivity contribution is -0.119. The highest BCUT2D eigenvalue weighted by Gasteiger charge is 2.22. The zero-order valence-corrected chi connectivity index (χ0v) is 12.3. The molecule has 1 atom stereocenters. The topological polar surface area (TPSA) is 58.4 Å². The van der Waals surface area contributed by atoms with Gasteiger partial charge < -0.3 is 16.0 Å².